The topological polar surface area (TPSA) is 30.0 Å². The third-order valence-corrected chi connectivity index (χ3v) is 3.26. The zero-order chi connectivity index (χ0) is 12.7. The molecule has 0 unspecified atom stereocenters. The zero-order valence-corrected chi connectivity index (χ0v) is 11.4. The first-order valence-corrected chi connectivity index (χ1v) is 5.98. The van der Waals surface area contributed by atoms with E-state index in [-0.39, 0.29) is 11.6 Å². The van der Waals surface area contributed by atoms with Crippen LogP contribution in [0.15, 0.2) is 16.6 Å². The van der Waals surface area contributed by atoms with Gasteiger partial charge in [0.25, 0.3) is 0 Å². The van der Waals surface area contributed by atoms with Gasteiger partial charge in [0.15, 0.2) is 11.6 Å². The van der Waals surface area contributed by atoms with Gasteiger partial charge in [0.05, 0.1) is 0 Å². The van der Waals surface area contributed by atoms with E-state index in [0.29, 0.717) is 26.6 Å². The van der Waals surface area contributed by atoms with Crippen LogP contribution in [-0.2, 0) is 0 Å². The Hall–Kier alpha value is -1.29. The van der Waals surface area contributed by atoms with Crippen LogP contribution in [0.2, 0.25) is 0 Å². The molecule has 2 nitrogen and oxygen atoms in total. The molecule has 0 aliphatic rings. The minimum Gasteiger partial charge on any atom is -0.294 e. The Morgan fingerprint density at radius 2 is 2.00 bits per heavy atom. The van der Waals surface area contributed by atoms with E-state index in [1.165, 1.54) is 13.0 Å². The van der Waals surface area contributed by atoms with Crippen LogP contribution in [0, 0.1) is 19.7 Å². The molecule has 2 rings (SSSR count). The molecular formula is C13H11BrFNO. The van der Waals surface area contributed by atoms with Gasteiger partial charge in [-0.2, -0.15) is 0 Å². The molecule has 0 saturated heterocycles. The average molecular weight is 296 g/mol. The van der Waals surface area contributed by atoms with Crippen LogP contribution in [0.3, 0.4) is 0 Å². The Morgan fingerprint density at radius 1 is 1.35 bits per heavy atom. The van der Waals surface area contributed by atoms with E-state index in [2.05, 4.69) is 20.9 Å². The molecule has 1 aromatic carbocycles. The van der Waals surface area contributed by atoms with Crippen molar-refractivity contribution in [3.8, 4) is 0 Å². The minimum absolute atomic E-state index is 0.0465. The number of carbonyl (C=O) groups is 1. The summed E-state index contributed by atoms with van der Waals surface area (Å²) in [6, 6.07) is 3.16. The maximum Gasteiger partial charge on any atom is 0.161 e. The predicted molar refractivity (Wildman–Crippen MR) is 68.9 cm³/mol. The Balaban J connectivity index is 2.97. The summed E-state index contributed by atoms with van der Waals surface area (Å²) < 4.78 is 14.4. The lowest BCUT2D eigenvalue weighted by molar-refractivity contribution is 0.101. The van der Waals surface area contributed by atoms with Crippen LogP contribution >= 0.6 is 15.9 Å². The summed E-state index contributed by atoms with van der Waals surface area (Å²) in [6.45, 7) is 5.04. The summed E-state index contributed by atoms with van der Waals surface area (Å²) in [7, 11) is 0. The molecule has 0 bridgehead atoms. The molecule has 88 valence electrons. The number of rotatable bonds is 1. The van der Waals surface area contributed by atoms with Gasteiger partial charge < -0.3 is 0 Å². The van der Waals surface area contributed by atoms with Crippen molar-refractivity contribution in [1.82, 2.24) is 4.98 Å². The quantitative estimate of drug-likeness (QED) is 0.746. The number of benzene rings is 1. The number of nitrogens with zero attached hydrogens (tertiary/aromatic N) is 1. The number of hydrogen-bond acceptors (Lipinski definition) is 2. The van der Waals surface area contributed by atoms with Crippen LogP contribution in [0.1, 0.15) is 28.5 Å². The summed E-state index contributed by atoms with van der Waals surface area (Å²) in [5.74, 6) is -0.425. The number of pyridine rings is 1. The number of halogens is 2. The first-order chi connectivity index (χ1) is 7.91. The second-order valence-corrected chi connectivity index (χ2v) is 4.95. The number of fused-ring (bicyclic) bond motifs is 1. The SMILES string of the molecule is CC(=O)c1c(C)nc2c(F)cc(Br)cc2c1C. The Labute approximate surface area is 107 Å². The van der Waals surface area contributed by atoms with E-state index in [9.17, 15) is 9.18 Å². The fourth-order valence-electron chi connectivity index (χ4n) is 2.11. The van der Waals surface area contributed by atoms with Gasteiger partial charge in [-0.05, 0) is 38.5 Å². The van der Waals surface area contributed by atoms with Crippen LogP contribution < -0.4 is 0 Å². The number of aryl methyl sites for hydroxylation is 2. The van der Waals surface area contributed by atoms with E-state index in [4.69, 9.17) is 0 Å². The Kier molecular flexibility index (Phi) is 3.00. The van der Waals surface area contributed by atoms with Gasteiger partial charge in [-0.1, -0.05) is 15.9 Å². The largest absolute Gasteiger partial charge is 0.294 e. The monoisotopic (exact) mass is 295 g/mol. The zero-order valence-electron chi connectivity index (χ0n) is 9.77. The standard InChI is InChI=1S/C13H11BrFNO/c1-6-10-4-9(14)5-11(15)13(10)16-7(2)12(6)8(3)17/h4-5H,1-3H3. The summed E-state index contributed by atoms with van der Waals surface area (Å²) >= 11 is 3.24. The number of carbonyl (C=O) groups excluding carboxylic acids is 1. The van der Waals surface area contributed by atoms with Gasteiger partial charge in [-0.25, -0.2) is 9.37 Å². The lowest BCUT2D eigenvalue weighted by Gasteiger charge is -2.10. The molecule has 17 heavy (non-hydrogen) atoms. The molecular weight excluding hydrogens is 285 g/mol. The Bertz CT molecular complexity index is 637. The second-order valence-electron chi connectivity index (χ2n) is 4.04. The van der Waals surface area contributed by atoms with Gasteiger partial charge in [-0.15, -0.1) is 0 Å². The third-order valence-electron chi connectivity index (χ3n) is 2.80. The summed E-state index contributed by atoms with van der Waals surface area (Å²) in [6.07, 6.45) is 0. The van der Waals surface area contributed by atoms with Gasteiger partial charge in [0.2, 0.25) is 0 Å². The minimum atomic E-state index is -0.379. The van der Waals surface area contributed by atoms with E-state index in [1.807, 2.05) is 6.92 Å². The average Bonchev–Trinajstić information content (AvgIpc) is 2.19. The van der Waals surface area contributed by atoms with E-state index in [1.54, 1.807) is 13.0 Å². The third kappa shape index (κ3) is 1.97. The summed E-state index contributed by atoms with van der Waals surface area (Å²) in [4.78, 5) is 15.7. The van der Waals surface area contributed by atoms with Crippen molar-refractivity contribution in [3.05, 3.63) is 39.2 Å². The highest BCUT2D eigenvalue weighted by atomic mass is 79.9. The molecule has 0 aliphatic heterocycles. The molecule has 1 aromatic heterocycles. The molecule has 0 radical (unpaired) electrons. The number of ketones is 1. The fraction of sp³-hybridized carbons (Fsp3) is 0.231. The summed E-state index contributed by atoms with van der Waals surface area (Å²) in [5, 5.41) is 0.674. The number of Topliss-reactive ketones (excluding diaryl/α,β-unsaturated/α-hetero) is 1. The van der Waals surface area contributed by atoms with Crippen molar-refractivity contribution in [3.63, 3.8) is 0 Å². The van der Waals surface area contributed by atoms with Crippen LogP contribution in [0.25, 0.3) is 10.9 Å². The van der Waals surface area contributed by atoms with Gasteiger partial charge in [0.1, 0.15) is 5.52 Å². The van der Waals surface area contributed by atoms with Crippen molar-refractivity contribution in [2.75, 3.05) is 0 Å². The van der Waals surface area contributed by atoms with Crippen molar-refractivity contribution in [2.24, 2.45) is 0 Å². The van der Waals surface area contributed by atoms with Crippen molar-refractivity contribution < 1.29 is 9.18 Å². The molecule has 1 heterocycles. The smallest absolute Gasteiger partial charge is 0.161 e. The maximum absolute atomic E-state index is 13.8. The Morgan fingerprint density at radius 3 is 2.59 bits per heavy atom. The van der Waals surface area contributed by atoms with Crippen LogP contribution in [0.5, 0.6) is 0 Å². The van der Waals surface area contributed by atoms with Gasteiger partial charge in [0, 0.05) is 21.1 Å². The van der Waals surface area contributed by atoms with E-state index in [0.717, 1.165) is 5.56 Å². The normalized spacial score (nSPS) is 10.9. The molecule has 2 aromatic rings. The van der Waals surface area contributed by atoms with E-state index >= 15 is 0 Å². The predicted octanol–water partition coefficient (Wildman–Crippen LogP) is 3.96. The molecule has 4 heteroatoms. The lowest BCUT2D eigenvalue weighted by Crippen LogP contribution is -2.04. The highest BCUT2D eigenvalue weighted by Gasteiger charge is 2.15. The number of aromatic nitrogens is 1. The first kappa shape index (κ1) is 12.2. The molecule has 0 atom stereocenters. The molecule has 0 saturated carbocycles. The second kappa shape index (κ2) is 4.18. The molecule has 0 fully saturated rings. The fourth-order valence-corrected chi connectivity index (χ4v) is 2.54. The van der Waals surface area contributed by atoms with Crippen molar-refractivity contribution in [1.29, 1.82) is 0 Å². The molecule has 0 aliphatic carbocycles. The highest BCUT2D eigenvalue weighted by Crippen LogP contribution is 2.28. The van der Waals surface area contributed by atoms with Gasteiger partial charge >= 0.3 is 0 Å². The summed E-state index contributed by atoms with van der Waals surface area (Å²) in [5.41, 5.74) is 2.24. The van der Waals surface area contributed by atoms with E-state index < -0.39 is 0 Å². The number of hydrogen-bond donors (Lipinski definition) is 0. The maximum atomic E-state index is 13.8. The van der Waals surface area contributed by atoms with Crippen molar-refractivity contribution >= 4 is 32.6 Å². The molecule has 0 N–H and O–H groups in total. The van der Waals surface area contributed by atoms with Crippen LogP contribution in [0.4, 0.5) is 4.39 Å². The van der Waals surface area contributed by atoms with Gasteiger partial charge in [-0.3, -0.25) is 4.79 Å². The molecule has 0 amide bonds. The molecule has 0 spiro atoms. The van der Waals surface area contributed by atoms with Crippen LogP contribution in [-0.4, -0.2) is 10.8 Å². The van der Waals surface area contributed by atoms with Crippen molar-refractivity contribution in [2.45, 2.75) is 20.8 Å². The lowest BCUT2D eigenvalue weighted by atomic mass is 9.99. The highest BCUT2D eigenvalue weighted by molar-refractivity contribution is 9.10. The first-order valence-electron chi connectivity index (χ1n) is 5.18.